The number of ether oxygens (including phenoxy) is 1. The minimum Gasteiger partial charge on any atom is -0.497 e. The lowest BCUT2D eigenvalue weighted by atomic mass is 10.0. The fourth-order valence-electron chi connectivity index (χ4n) is 3.00. The summed E-state index contributed by atoms with van der Waals surface area (Å²) in [5, 5.41) is 4.85. The van der Waals surface area contributed by atoms with E-state index in [-0.39, 0.29) is 5.91 Å². The number of aryl methyl sites for hydroxylation is 2. The fourth-order valence-corrected chi connectivity index (χ4v) is 3.39. The van der Waals surface area contributed by atoms with Gasteiger partial charge in [0, 0.05) is 12.0 Å². The zero-order valence-corrected chi connectivity index (χ0v) is 18.3. The molecule has 0 bridgehead atoms. The normalized spacial score (nSPS) is 11.1. The van der Waals surface area contributed by atoms with Gasteiger partial charge in [-0.05, 0) is 67.3 Å². The van der Waals surface area contributed by atoms with Crippen molar-refractivity contribution in [3.05, 3.63) is 75.5 Å². The molecular formula is C23H22Cl2N2O3. The third kappa shape index (κ3) is 5.65. The molecule has 0 saturated carbocycles. The Labute approximate surface area is 185 Å². The smallest absolute Gasteiger partial charge is 0.240 e. The highest BCUT2D eigenvalue weighted by atomic mass is 35.5. The van der Waals surface area contributed by atoms with Crippen LogP contribution in [0.2, 0.25) is 10.0 Å². The first-order chi connectivity index (χ1) is 14.5. The molecule has 1 amide bonds. The van der Waals surface area contributed by atoms with Gasteiger partial charge in [0.25, 0.3) is 0 Å². The van der Waals surface area contributed by atoms with Gasteiger partial charge in [-0.3, -0.25) is 4.79 Å². The number of nitrogens with zero attached hydrogens (tertiary/aromatic N) is 1. The molecule has 30 heavy (non-hydrogen) atoms. The molecule has 5 nitrogen and oxygen atoms in total. The third-order valence-electron chi connectivity index (χ3n) is 4.62. The fraction of sp³-hybridized carbons (Fsp3) is 0.217. The SMILES string of the molecule is COc1ccc(CCCC(=O)N/N=C\c2ccc(-c3cccc(Cl)c3Cl)o2)c(C)c1. The number of hydrogen-bond donors (Lipinski definition) is 1. The Morgan fingerprint density at radius 2 is 2.03 bits per heavy atom. The summed E-state index contributed by atoms with van der Waals surface area (Å²) in [5.41, 5.74) is 5.58. The second-order valence-electron chi connectivity index (χ2n) is 6.74. The molecule has 3 rings (SSSR count). The first kappa shape index (κ1) is 21.9. The van der Waals surface area contributed by atoms with E-state index >= 15 is 0 Å². The standard InChI is InChI=1S/C23H22Cl2N2O3/c1-15-13-17(29-2)10-9-16(15)5-3-8-22(28)27-26-14-18-11-12-21(30-18)19-6-4-7-20(24)23(19)25/h4,6-7,9-14H,3,5,8H2,1-2H3,(H,27,28)/b26-14-. The van der Waals surface area contributed by atoms with Gasteiger partial charge in [0.05, 0.1) is 23.4 Å². The van der Waals surface area contributed by atoms with Gasteiger partial charge >= 0.3 is 0 Å². The van der Waals surface area contributed by atoms with E-state index in [0.717, 1.165) is 24.2 Å². The highest BCUT2D eigenvalue weighted by molar-refractivity contribution is 6.43. The van der Waals surface area contributed by atoms with Crippen molar-refractivity contribution in [2.45, 2.75) is 26.2 Å². The topological polar surface area (TPSA) is 63.8 Å². The van der Waals surface area contributed by atoms with Crippen molar-refractivity contribution in [3.8, 4) is 17.1 Å². The maximum absolute atomic E-state index is 12.0. The van der Waals surface area contributed by atoms with Crippen molar-refractivity contribution in [1.29, 1.82) is 0 Å². The lowest BCUT2D eigenvalue weighted by molar-refractivity contribution is -0.121. The molecule has 156 valence electrons. The van der Waals surface area contributed by atoms with Crippen molar-refractivity contribution in [2.24, 2.45) is 5.10 Å². The molecule has 3 aromatic rings. The minimum atomic E-state index is -0.151. The van der Waals surface area contributed by atoms with Crippen LogP contribution in [0.4, 0.5) is 0 Å². The van der Waals surface area contributed by atoms with E-state index < -0.39 is 0 Å². The number of rotatable bonds is 8. The van der Waals surface area contributed by atoms with Crippen LogP contribution in [0.3, 0.4) is 0 Å². The summed E-state index contributed by atoms with van der Waals surface area (Å²) in [6.45, 7) is 2.04. The first-order valence-corrected chi connectivity index (χ1v) is 10.2. The summed E-state index contributed by atoms with van der Waals surface area (Å²) in [5.74, 6) is 1.75. The summed E-state index contributed by atoms with van der Waals surface area (Å²) in [6.07, 6.45) is 3.37. The van der Waals surface area contributed by atoms with Crippen LogP contribution in [0.25, 0.3) is 11.3 Å². The average molecular weight is 445 g/mol. The van der Waals surface area contributed by atoms with E-state index in [0.29, 0.717) is 33.6 Å². The highest BCUT2D eigenvalue weighted by Crippen LogP contribution is 2.34. The summed E-state index contributed by atoms with van der Waals surface area (Å²) in [6, 6.07) is 14.8. The quantitative estimate of drug-likeness (QED) is 0.340. The van der Waals surface area contributed by atoms with E-state index in [1.807, 2.05) is 31.2 Å². The van der Waals surface area contributed by atoms with Crippen LogP contribution in [0.5, 0.6) is 5.75 Å². The number of hydrazone groups is 1. The van der Waals surface area contributed by atoms with Crippen LogP contribution < -0.4 is 10.2 Å². The molecule has 0 saturated heterocycles. The number of benzene rings is 2. The molecule has 0 atom stereocenters. The van der Waals surface area contributed by atoms with Crippen LogP contribution >= 0.6 is 23.2 Å². The molecule has 0 unspecified atom stereocenters. The highest BCUT2D eigenvalue weighted by Gasteiger charge is 2.10. The van der Waals surface area contributed by atoms with E-state index in [9.17, 15) is 4.79 Å². The summed E-state index contributed by atoms with van der Waals surface area (Å²) in [7, 11) is 1.65. The Hall–Kier alpha value is -2.76. The number of furan rings is 1. The van der Waals surface area contributed by atoms with Crippen molar-refractivity contribution in [3.63, 3.8) is 0 Å². The molecule has 2 aromatic carbocycles. The van der Waals surface area contributed by atoms with Crippen molar-refractivity contribution < 1.29 is 13.9 Å². The van der Waals surface area contributed by atoms with Gasteiger partial charge in [-0.2, -0.15) is 5.10 Å². The minimum absolute atomic E-state index is 0.151. The van der Waals surface area contributed by atoms with Gasteiger partial charge in [0.15, 0.2) is 0 Å². The third-order valence-corrected chi connectivity index (χ3v) is 5.44. The predicted octanol–water partition coefficient (Wildman–Crippen LogP) is 6.04. The van der Waals surface area contributed by atoms with Crippen LogP contribution in [-0.2, 0) is 11.2 Å². The molecule has 0 aliphatic rings. The van der Waals surface area contributed by atoms with Gasteiger partial charge in [-0.15, -0.1) is 0 Å². The summed E-state index contributed by atoms with van der Waals surface area (Å²) < 4.78 is 10.9. The van der Waals surface area contributed by atoms with Crippen molar-refractivity contribution in [1.82, 2.24) is 5.43 Å². The predicted molar refractivity (Wildman–Crippen MR) is 121 cm³/mol. The van der Waals surface area contributed by atoms with E-state index in [2.05, 4.69) is 10.5 Å². The number of carbonyl (C=O) groups excluding carboxylic acids is 1. The number of amides is 1. The monoisotopic (exact) mass is 444 g/mol. The molecule has 0 spiro atoms. The van der Waals surface area contributed by atoms with Gasteiger partial charge in [0.2, 0.25) is 5.91 Å². The zero-order chi connectivity index (χ0) is 21.5. The summed E-state index contributed by atoms with van der Waals surface area (Å²) >= 11 is 12.3. The van der Waals surface area contributed by atoms with E-state index in [4.69, 9.17) is 32.4 Å². The Bertz CT molecular complexity index is 1060. The average Bonchev–Trinajstić information content (AvgIpc) is 3.20. The second-order valence-corrected chi connectivity index (χ2v) is 7.53. The number of hydrogen-bond acceptors (Lipinski definition) is 4. The number of halogens is 2. The Morgan fingerprint density at radius 1 is 1.20 bits per heavy atom. The molecule has 7 heteroatoms. The van der Waals surface area contributed by atoms with Crippen LogP contribution in [0.15, 0.2) is 58.0 Å². The Balaban J connectivity index is 1.48. The summed E-state index contributed by atoms with van der Waals surface area (Å²) in [4.78, 5) is 12.0. The maximum atomic E-state index is 12.0. The molecule has 0 fully saturated rings. The molecule has 0 aliphatic heterocycles. The van der Waals surface area contributed by atoms with Crippen molar-refractivity contribution in [2.75, 3.05) is 7.11 Å². The molecular weight excluding hydrogens is 423 g/mol. The van der Waals surface area contributed by atoms with E-state index in [1.165, 1.54) is 11.8 Å². The Morgan fingerprint density at radius 3 is 2.80 bits per heavy atom. The van der Waals surface area contributed by atoms with Gasteiger partial charge < -0.3 is 9.15 Å². The second kappa shape index (κ2) is 10.3. The molecule has 1 aromatic heterocycles. The van der Waals surface area contributed by atoms with E-state index in [1.54, 1.807) is 31.4 Å². The van der Waals surface area contributed by atoms with Crippen LogP contribution in [0, 0.1) is 6.92 Å². The molecule has 1 heterocycles. The first-order valence-electron chi connectivity index (χ1n) is 9.47. The number of nitrogens with one attached hydrogen (secondary N) is 1. The van der Waals surface area contributed by atoms with Gasteiger partial charge in [-0.1, -0.05) is 35.3 Å². The lowest BCUT2D eigenvalue weighted by Crippen LogP contribution is -2.17. The maximum Gasteiger partial charge on any atom is 0.240 e. The number of carbonyl (C=O) groups is 1. The largest absolute Gasteiger partial charge is 0.497 e. The van der Waals surface area contributed by atoms with Gasteiger partial charge in [-0.25, -0.2) is 5.43 Å². The molecule has 0 aliphatic carbocycles. The molecule has 0 radical (unpaired) electrons. The van der Waals surface area contributed by atoms with Gasteiger partial charge in [0.1, 0.15) is 17.3 Å². The van der Waals surface area contributed by atoms with Crippen LogP contribution in [0.1, 0.15) is 29.7 Å². The van der Waals surface area contributed by atoms with Crippen molar-refractivity contribution >= 4 is 35.3 Å². The lowest BCUT2D eigenvalue weighted by Gasteiger charge is -2.07. The Kier molecular flexibility index (Phi) is 7.55. The van der Waals surface area contributed by atoms with Crippen LogP contribution in [-0.4, -0.2) is 19.2 Å². The molecule has 1 N–H and O–H groups in total. The zero-order valence-electron chi connectivity index (χ0n) is 16.7. The number of methoxy groups -OCH3 is 1.